The Balaban J connectivity index is 1.84. The third kappa shape index (κ3) is 6.55. The number of rotatable bonds is 7. The molecule has 1 unspecified atom stereocenters. The molecule has 0 bridgehead atoms. The molecule has 0 radical (unpaired) electrons. The standard InChI is InChI=1S/C25H27F6NO3/c1-3-34-22(33)17-9-10-23(32-14-17,19-7-5-4-6-8-19)15-35-16(2)18-11-20(24(26,27)28)13-21(12-18)25(29,30)31/h4-8,11-13,16-17,32H,3,9-10,14-15H2,1-2H3/t16-,17?,23-/m1/s1. The quantitative estimate of drug-likeness (QED) is 0.358. The first-order valence-electron chi connectivity index (χ1n) is 11.2. The van der Waals surface area contributed by atoms with Gasteiger partial charge in [0.1, 0.15) is 0 Å². The number of piperidine rings is 1. The van der Waals surface area contributed by atoms with Crippen molar-refractivity contribution >= 4 is 5.97 Å². The number of nitrogens with one attached hydrogen (secondary N) is 1. The van der Waals surface area contributed by atoms with Gasteiger partial charge in [-0.15, -0.1) is 0 Å². The van der Waals surface area contributed by atoms with Crippen molar-refractivity contribution in [1.82, 2.24) is 5.32 Å². The van der Waals surface area contributed by atoms with Crippen LogP contribution in [0.5, 0.6) is 0 Å². The van der Waals surface area contributed by atoms with Crippen LogP contribution in [0.2, 0.25) is 0 Å². The van der Waals surface area contributed by atoms with Gasteiger partial charge in [-0.25, -0.2) is 0 Å². The topological polar surface area (TPSA) is 47.6 Å². The summed E-state index contributed by atoms with van der Waals surface area (Å²) >= 11 is 0. The maximum atomic E-state index is 13.3. The molecule has 10 heteroatoms. The molecular formula is C25H27F6NO3. The van der Waals surface area contributed by atoms with Crippen LogP contribution in [0.1, 0.15) is 55.0 Å². The molecule has 1 N–H and O–H groups in total. The largest absolute Gasteiger partial charge is 0.466 e. The highest BCUT2D eigenvalue weighted by Gasteiger charge is 2.41. The fraction of sp³-hybridized carbons (Fsp3) is 0.480. The van der Waals surface area contributed by atoms with Crippen LogP contribution in [0, 0.1) is 5.92 Å². The minimum atomic E-state index is -4.94. The smallest absolute Gasteiger partial charge is 0.416 e. The van der Waals surface area contributed by atoms with E-state index in [1.807, 2.05) is 30.3 Å². The summed E-state index contributed by atoms with van der Waals surface area (Å²) in [5.41, 5.74) is -2.93. The zero-order valence-electron chi connectivity index (χ0n) is 19.3. The fourth-order valence-corrected chi connectivity index (χ4v) is 4.18. The van der Waals surface area contributed by atoms with E-state index in [9.17, 15) is 31.1 Å². The van der Waals surface area contributed by atoms with E-state index in [-0.39, 0.29) is 36.7 Å². The van der Waals surface area contributed by atoms with Crippen LogP contribution in [0.15, 0.2) is 48.5 Å². The highest BCUT2D eigenvalue weighted by atomic mass is 19.4. The van der Waals surface area contributed by atoms with Gasteiger partial charge in [0.05, 0.1) is 41.9 Å². The summed E-state index contributed by atoms with van der Waals surface area (Å²) < 4.78 is 90.5. The number of hydrogen-bond donors (Lipinski definition) is 1. The second-order valence-corrected chi connectivity index (χ2v) is 8.61. The summed E-state index contributed by atoms with van der Waals surface area (Å²) in [6, 6.07) is 10.6. The number of carbonyl (C=O) groups is 1. The highest BCUT2D eigenvalue weighted by molar-refractivity contribution is 5.72. The van der Waals surface area contributed by atoms with Crippen molar-refractivity contribution in [2.45, 2.75) is 50.7 Å². The summed E-state index contributed by atoms with van der Waals surface area (Å²) in [7, 11) is 0. The second kappa shape index (κ2) is 10.6. The van der Waals surface area contributed by atoms with E-state index >= 15 is 0 Å². The Morgan fingerprint density at radius 3 is 2.14 bits per heavy atom. The van der Waals surface area contributed by atoms with Crippen LogP contribution in [0.4, 0.5) is 26.3 Å². The average molecular weight is 503 g/mol. The summed E-state index contributed by atoms with van der Waals surface area (Å²) in [5, 5.41) is 3.33. The lowest BCUT2D eigenvalue weighted by Gasteiger charge is -2.41. The van der Waals surface area contributed by atoms with Crippen LogP contribution in [-0.4, -0.2) is 25.7 Å². The number of halogens is 6. The third-order valence-electron chi connectivity index (χ3n) is 6.21. The van der Waals surface area contributed by atoms with Gasteiger partial charge in [0.15, 0.2) is 0 Å². The van der Waals surface area contributed by atoms with E-state index in [0.717, 1.165) is 5.56 Å². The van der Waals surface area contributed by atoms with Gasteiger partial charge in [0.25, 0.3) is 0 Å². The number of alkyl halides is 6. The molecule has 3 atom stereocenters. The van der Waals surface area contributed by atoms with Crippen LogP contribution in [0.25, 0.3) is 0 Å². The highest BCUT2D eigenvalue weighted by Crippen LogP contribution is 2.39. The Morgan fingerprint density at radius 2 is 1.66 bits per heavy atom. The number of esters is 1. The molecule has 0 spiro atoms. The minimum absolute atomic E-state index is 0.0225. The van der Waals surface area contributed by atoms with E-state index < -0.39 is 35.1 Å². The Labute approximate surface area is 199 Å². The van der Waals surface area contributed by atoms with Gasteiger partial charge in [0.2, 0.25) is 0 Å². The first-order valence-corrected chi connectivity index (χ1v) is 11.2. The Kier molecular flexibility index (Phi) is 8.16. The molecule has 2 aromatic carbocycles. The molecule has 0 aromatic heterocycles. The van der Waals surface area contributed by atoms with Crippen molar-refractivity contribution in [3.8, 4) is 0 Å². The zero-order chi connectivity index (χ0) is 25.9. The Bertz CT molecular complexity index is 966. The van der Waals surface area contributed by atoms with E-state index in [2.05, 4.69) is 5.32 Å². The molecule has 0 saturated carbocycles. The predicted molar refractivity (Wildman–Crippen MR) is 116 cm³/mol. The normalized spacial score (nSPS) is 22.0. The Morgan fingerprint density at radius 1 is 1.06 bits per heavy atom. The molecule has 3 rings (SSSR count). The number of ether oxygens (including phenoxy) is 2. The fourth-order valence-electron chi connectivity index (χ4n) is 4.18. The van der Waals surface area contributed by atoms with Crippen molar-refractivity contribution in [3.05, 3.63) is 70.8 Å². The average Bonchev–Trinajstić information content (AvgIpc) is 2.82. The van der Waals surface area contributed by atoms with E-state index in [0.29, 0.717) is 31.5 Å². The molecule has 1 heterocycles. The lowest BCUT2D eigenvalue weighted by atomic mass is 9.79. The number of benzene rings is 2. The molecule has 1 saturated heterocycles. The maximum absolute atomic E-state index is 13.3. The first-order chi connectivity index (χ1) is 16.4. The molecule has 0 amide bonds. The summed E-state index contributed by atoms with van der Waals surface area (Å²) in [5.74, 6) is -0.679. The SMILES string of the molecule is CCOC(=O)C1CC[C@@](CO[C@H](C)c2cc(C(F)(F)F)cc(C(F)(F)F)c2)(c2ccccc2)NC1. The van der Waals surface area contributed by atoms with Gasteiger partial charge in [-0.2, -0.15) is 26.3 Å². The van der Waals surface area contributed by atoms with Gasteiger partial charge in [0, 0.05) is 6.54 Å². The Hall–Kier alpha value is -2.59. The van der Waals surface area contributed by atoms with E-state index in [1.165, 1.54) is 6.92 Å². The van der Waals surface area contributed by atoms with E-state index in [4.69, 9.17) is 9.47 Å². The molecule has 1 aliphatic rings. The van der Waals surface area contributed by atoms with Gasteiger partial charge >= 0.3 is 18.3 Å². The molecule has 35 heavy (non-hydrogen) atoms. The van der Waals surface area contributed by atoms with Crippen molar-refractivity contribution in [2.75, 3.05) is 19.8 Å². The van der Waals surface area contributed by atoms with Crippen molar-refractivity contribution in [3.63, 3.8) is 0 Å². The first kappa shape index (κ1) is 27.0. The van der Waals surface area contributed by atoms with E-state index in [1.54, 1.807) is 6.92 Å². The van der Waals surface area contributed by atoms with Crippen LogP contribution >= 0.6 is 0 Å². The zero-order valence-corrected chi connectivity index (χ0v) is 19.3. The van der Waals surface area contributed by atoms with Gasteiger partial charge in [-0.3, -0.25) is 4.79 Å². The number of carbonyl (C=O) groups excluding carboxylic acids is 1. The summed E-state index contributed by atoms with van der Waals surface area (Å²) in [4.78, 5) is 12.1. The third-order valence-corrected chi connectivity index (χ3v) is 6.21. The molecule has 0 aliphatic carbocycles. The van der Waals surface area contributed by atoms with Crippen molar-refractivity contribution in [1.29, 1.82) is 0 Å². The number of hydrogen-bond acceptors (Lipinski definition) is 4. The molecule has 1 aliphatic heterocycles. The summed E-state index contributed by atoms with van der Waals surface area (Å²) in [6.45, 7) is 3.67. The monoisotopic (exact) mass is 503 g/mol. The van der Waals surface area contributed by atoms with Crippen LogP contribution in [0.3, 0.4) is 0 Å². The summed E-state index contributed by atoms with van der Waals surface area (Å²) in [6.07, 6.45) is -9.98. The lowest BCUT2D eigenvalue weighted by molar-refractivity contribution is -0.150. The second-order valence-electron chi connectivity index (χ2n) is 8.61. The minimum Gasteiger partial charge on any atom is -0.466 e. The van der Waals surface area contributed by atoms with Gasteiger partial charge in [-0.05, 0) is 56.0 Å². The molecular weight excluding hydrogens is 476 g/mol. The maximum Gasteiger partial charge on any atom is 0.416 e. The van der Waals surface area contributed by atoms with Gasteiger partial charge < -0.3 is 14.8 Å². The predicted octanol–water partition coefficient (Wildman–Crippen LogP) is 6.26. The molecule has 4 nitrogen and oxygen atoms in total. The van der Waals surface area contributed by atoms with Crippen LogP contribution < -0.4 is 5.32 Å². The molecule has 1 fully saturated rings. The lowest BCUT2D eigenvalue weighted by Crippen LogP contribution is -2.53. The van der Waals surface area contributed by atoms with Crippen molar-refractivity contribution < 1.29 is 40.6 Å². The molecule has 192 valence electrons. The van der Waals surface area contributed by atoms with Gasteiger partial charge in [-0.1, -0.05) is 30.3 Å². The van der Waals surface area contributed by atoms with Crippen molar-refractivity contribution in [2.24, 2.45) is 5.92 Å². The van der Waals surface area contributed by atoms with Crippen LogP contribution in [-0.2, 0) is 32.2 Å². The molecule has 2 aromatic rings.